The minimum Gasteiger partial charge on any atom is -0.397 e. The van der Waals surface area contributed by atoms with Crippen molar-refractivity contribution in [3.05, 3.63) is 28.2 Å². The largest absolute Gasteiger partial charge is 0.397 e. The maximum Gasteiger partial charge on any atom is 0.131 e. The minimum atomic E-state index is 0.369. The van der Waals surface area contributed by atoms with E-state index < -0.39 is 0 Å². The molecule has 15 heavy (non-hydrogen) atoms. The Labute approximate surface area is 89.0 Å². The molecular weight excluding hydrogens is 190 g/mol. The number of likely N-dealkylation sites (N-methyl/N-ethyl adjacent to an activating group) is 1. The second-order valence-electron chi connectivity index (χ2n) is 4.30. The predicted molar refractivity (Wildman–Crippen MR) is 61.2 cm³/mol. The second kappa shape index (κ2) is 3.62. The molecule has 0 bridgehead atoms. The van der Waals surface area contributed by atoms with Gasteiger partial charge in [-0.15, -0.1) is 4.91 Å². The quantitative estimate of drug-likeness (QED) is 0.590. The molecule has 0 spiro atoms. The van der Waals surface area contributed by atoms with Crippen molar-refractivity contribution in [1.82, 2.24) is 4.90 Å². The topological polar surface area (TPSA) is 58.7 Å². The Morgan fingerprint density at radius 2 is 1.93 bits per heavy atom. The predicted octanol–water partition coefficient (Wildman–Crippen LogP) is 1.70. The maximum absolute atomic E-state index is 10.5. The summed E-state index contributed by atoms with van der Waals surface area (Å²) in [5.41, 5.74) is 9.03. The Bertz CT molecular complexity index is 401. The van der Waals surface area contributed by atoms with Crippen LogP contribution in [0, 0.1) is 4.91 Å². The number of hydrogen-bond acceptors (Lipinski definition) is 4. The van der Waals surface area contributed by atoms with Gasteiger partial charge in [-0.05, 0) is 55.4 Å². The normalized spacial score (nSPS) is 19.3. The molecule has 0 saturated carbocycles. The van der Waals surface area contributed by atoms with Crippen molar-refractivity contribution < 1.29 is 0 Å². The van der Waals surface area contributed by atoms with Gasteiger partial charge in [0.05, 0.1) is 5.69 Å². The molecule has 4 heteroatoms. The van der Waals surface area contributed by atoms with E-state index in [1.54, 1.807) is 0 Å². The van der Waals surface area contributed by atoms with Gasteiger partial charge in [-0.3, -0.25) is 0 Å². The molecule has 0 fully saturated rings. The zero-order chi connectivity index (χ0) is 11.0. The van der Waals surface area contributed by atoms with Crippen molar-refractivity contribution in [1.29, 1.82) is 0 Å². The van der Waals surface area contributed by atoms with Gasteiger partial charge in [0.25, 0.3) is 0 Å². The van der Waals surface area contributed by atoms with Crippen LogP contribution in [0.2, 0.25) is 0 Å². The summed E-state index contributed by atoms with van der Waals surface area (Å²) in [7, 11) is 4.14. The lowest BCUT2D eigenvalue weighted by Crippen LogP contribution is -2.27. The molecule has 0 saturated heterocycles. The van der Waals surface area contributed by atoms with E-state index in [9.17, 15) is 4.91 Å². The molecule has 0 heterocycles. The van der Waals surface area contributed by atoms with Crippen molar-refractivity contribution in [3.8, 4) is 0 Å². The highest BCUT2D eigenvalue weighted by Crippen LogP contribution is 2.32. The third-order valence-electron chi connectivity index (χ3n) is 3.09. The number of rotatable bonds is 2. The minimum absolute atomic E-state index is 0.369. The molecule has 1 aromatic carbocycles. The van der Waals surface area contributed by atoms with E-state index in [4.69, 9.17) is 5.73 Å². The molecule has 0 amide bonds. The number of fused-ring (bicyclic) bond motifs is 1. The molecule has 0 aliphatic heterocycles. The highest BCUT2D eigenvalue weighted by atomic mass is 16.3. The molecule has 1 aliphatic carbocycles. The van der Waals surface area contributed by atoms with E-state index in [2.05, 4.69) is 24.2 Å². The molecule has 0 aromatic heterocycles. The lowest BCUT2D eigenvalue weighted by atomic mass is 10.1. The summed E-state index contributed by atoms with van der Waals surface area (Å²) in [4.78, 5) is 12.7. The van der Waals surface area contributed by atoms with Crippen LogP contribution >= 0.6 is 0 Å². The van der Waals surface area contributed by atoms with Gasteiger partial charge in [-0.25, -0.2) is 0 Å². The summed E-state index contributed by atoms with van der Waals surface area (Å²) >= 11 is 0. The Morgan fingerprint density at radius 3 is 2.47 bits per heavy atom. The summed E-state index contributed by atoms with van der Waals surface area (Å²) in [5.74, 6) is 0. The number of hydrogen-bond donors (Lipinski definition) is 1. The standard InChI is InChI=1S/C11H15N3O/c1-14(2)9-3-7-5-10(12)11(13-15)6-8(7)4-9/h5-6,9H,3-4,12H2,1-2H3. The molecule has 4 nitrogen and oxygen atoms in total. The Balaban J connectivity index is 2.35. The fourth-order valence-corrected chi connectivity index (χ4v) is 2.10. The summed E-state index contributed by atoms with van der Waals surface area (Å²) in [5, 5.41) is 2.93. The lowest BCUT2D eigenvalue weighted by molar-refractivity contribution is 0.303. The van der Waals surface area contributed by atoms with Gasteiger partial charge in [0.1, 0.15) is 5.69 Å². The monoisotopic (exact) mass is 205 g/mol. The van der Waals surface area contributed by atoms with Crippen LogP contribution in [0.25, 0.3) is 0 Å². The first-order valence-corrected chi connectivity index (χ1v) is 5.03. The molecule has 1 unspecified atom stereocenters. The molecule has 0 radical (unpaired) electrons. The fraction of sp³-hybridized carbons (Fsp3) is 0.455. The molecule has 1 atom stereocenters. The average molecular weight is 205 g/mol. The number of nitrogens with zero attached hydrogens (tertiary/aromatic N) is 2. The average Bonchev–Trinajstić information content (AvgIpc) is 2.59. The first-order chi connectivity index (χ1) is 7.11. The van der Waals surface area contributed by atoms with Crippen molar-refractivity contribution >= 4 is 11.4 Å². The van der Waals surface area contributed by atoms with Gasteiger partial charge in [0.2, 0.25) is 0 Å². The Morgan fingerprint density at radius 1 is 1.33 bits per heavy atom. The van der Waals surface area contributed by atoms with Crippen LogP contribution in [0.5, 0.6) is 0 Å². The SMILES string of the molecule is CN(C)C1Cc2cc(N)c(N=O)cc2C1. The zero-order valence-electron chi connectivity index (χ0n) is 9.03. The third kappa shape index (κ3) is 1.72. The third-order valence-corrected chi connectivity index (χ3v) is 3.09. The molecule has 2 rings (SSSR count). The van der Waals surface area contributed by atoms with Crippen molar-refractivity contribution in [2.24, 2.45) is 5.18 Å². The summed E-state index contributed by atoms with van der Waals surface area (Å²) in [6.45, 7) is 0. The first kappa shape index (κ1) is 10.1. The lowest BCUT2D eigenvalue weighted by Gasteiger charge is -2.17. The van der Waals surface area contributed by atoms with Crippen molar-refractivity contribution in [2.45, 2.75) is 18.9 Å². The highest BCUT2D eigenvalue weighted by Gasteiger charge is 2.24. The van der Waals surface area contributed by atoms with Gasteiger partial charge < -0.3 is 10.6 Å². The van der Waals surface area contributed by atoms with Crippen LogP contribution in [0.15, 0.2) is 17.3 Å². The van der Waals surface area contributed by atoms with Crippen molar-refractivity contribution in [3.63, 3.8) is 0 Å². The van der Waals surface area contributed by atoms with Gasteiger partial charge in [-0.1, -0.05) is 0 Å². The van der Waals surface area contributed by atoms with Crippen molar-refractivity contribution in [2.75, 3.05) is 19.8 Å². The van der Waals surface area contributed by atoms with Crippen LogP contribution in [0.1, 0.15) is 11.1 Å². The number of nitroso groups, excluding NO2 is 1. The van der Waals surface area contributed by atoms with Gasteiger partial charge in [0, 0.05) is 6.04 Å². The van der Waals surface area contributed by atoms with E-state index in [1.165, 1.54) is 11.1 Å². The second-order valence-corrected chi connectivity index (χ2v) is 4.30. The summed E-state index contributed by atoms with van der Waals surface area (Å²) in [6, 6.07) is 4.22. The molecule has 2 N–H and O–H groups in total. The van der Waals surface area contributed by atoms with E-state index in [0.29, 0.717) is 17.4 Å². The van der Waals surface area contributed by atoms with Crippen LogP contribution in [0.4, 0.5) is 11.4 Å². The number of anilines is 1. The smallest absolute Gasteiger partial charge is 0.131 e. The fourth-order valence-electron chi connectivity index (χ4n) is 2.10. The highest BCUT2D eigenvalue weighted by molar-refractivity contribution is 5.66. The number of benzene rings is 1. The Kier molecular flexibility index (Phi) is 2.44. The summed E-state index contributed by atoms with van der Waals surface area (Å²) < 4.78 is 0. The number of nitrogens with two attached hydrogens (primary N) is 1. The van der Waals surface area contributed by atoms with E-state index >= 15 is 0 Å². The molecule has 80 valence electrons. The van der Waals surface area contributed by atoms with Crippen LogP contribution in [0.3, 0.4) is 0 Å². The molecular formula is C11H15N3O. The molecule has 1 aromatic rings. The van der Waals surface area contributed by atoms with Crippen LogP contribution < -0.4 is 5.73 Å². The van der Waals surface area contributed by atoms with Crippen LogP contribution in [-0.4, -0.2) is 25.0 Å². The van der Waals surface area contributed by atoms with Crippen LogP contribution in [-0.2, 0) is 12.8 Å². The summed E-state index contributed by atoms with van der Waals surface area (Å²) in [6.07, 6.45) is 1.98. The van der Waals surface area contributed by atoms with E-state index in [0.717, 1.165) is 12.8 Å². The van der Waals surface area contributed by atoms with E-state index in [1.807, 2.05) is 12.1 Å². The molecule has 1 aliphatic rings. The maximum atomic E-state index is 10.5. The van der Waals surface area contributed by atoms with Gasteiger partial charge in [0.15, 0.2) is 0 Å². The van der Waals surface area contributed by atoms with Gasteiger partial charge in [-0.2, -0.15) is 0 Å². The zero-order valence-corrected chi connectivity index (χ0v) is 9.03. The van der Waals surface area contributed by atoms with Gasteiger partial charge >= 0.3 is 0 Å². The number of nitrogen functional groups attached to an aromatic ring is 1. The Hall–Kier alpha value is -1.42. The van der Waals surface area contributed by atoms with E-state index in [-0.39, 0.29) is 0 Å². The first-order valence-electron chi connectivity index (χ1n) is 5.03.